The smallest absolute Gasteiger partial charge is 0.254 e. The number of nitrogens with zero attached hydrogens (tertiary/aromatic N) is 3. The largest absolute Gasteiger partial charge is 0.351 e. The van der Waals surface area contributed by atoms with Crippen LogP contribution in [0.5, 0.6) is 0 Å². The molecule has 0 spiro atoms. The number of rotatable bonds is 4. The monoisotopic (exact) mass is 252 g/mol. The van der Waals surface area contributed by atoms with Crippen molar-refractivity contribution >= 4 is 5.91 Å². The Morgan fingerprint density at radius 3 is 2.50 bits per heavy atom. The molecule has 102 valence electrons. The van der Waals surface area contributed by atoms with Crippen molar-refractivity contribution in [1.29, 1.82) is 0 Å². The van der Waals surface area contributed by atoms with Gasteiger partial charge < -0.3 is 10.2 Å². The topological polar surface area (TPSA) is 50.2 Å². The van der Waals surface area contributed by atoms with Crippen molar-refractivity contribution < 1.29 is 4.79 Å². The van der Waals surface area contributed by atoms with E-state index >= 15 is 0 Å². The third kappa shape index (κ3) is 3.57. The highest BCUT2D eigenvalue weighted by molar-refractivity contribution is 5.95. The lowest BCUT2D eigenvalue weighted by Crippen LogP contribution is -2.32. The molecule has 0 bridgehead atoms. The molecule has 0 radical (unpaired) electrons. The molecule has 0 fully saturated rings. The second-order valence-electron chi connectivity index (χ2n) is 5.79. The minimum Gasteiger partial charge on any atom is -0.351 e. The summed E-state index contributed by atoms with van der Waals surface area (Å²) in [5.41, 5.74) is 1.46. The van der Waals surface area contributed by atoms with E-state index in [4.69, 9.17) is 0 Å². The first-order valence-electron chi connectivity index (χ1n) is 6.21. The van der Waals surface area contributed by atoms with E-state index in [-0.39, 0.29) is 11.4 Å². The van der Waals surface area contributed by atoms with Crippen molar-refractivity contribution in [2.45, 2.75) is 33.2 Å². The van der Waals surface area contributed by atoms with Gasteiger partial charge in [-0.15, -0.1) is 0 Å². The van der Waals surface area contributed by atoms with Crippen LogP contribution < -0.4 is 5.32 Å². The number of hydrogen-bond acceptors (Lipinski definition) is 3. The van der Waals surface area contributed by atoms with Crippen molar-refractivity contribution in [3.05, 3.63) is 17.5 Å². The zero-order chi connectivity index (χ0) is 13.9. The molecule has 1 heterocycles. The zero-order valence-electron chi connectivity index (χ0n) is 12.2. The minimum atomic E-state index is -0.105. The normalized spacial score (nSPS) is 11.9. The van der Waals surface area contributed by atoms with Gasteiger partial charge in [0.25, 0.3) is 5.91 Å². The summed E-state index contributed by atoms with van der Waals surface area (Å²) in [5.74, 6) is -0.0511. The SMILES string of the molecule is Cc1c(C(=O)NCCN(C)C)cnn1C(C)(C)C. The number of carbonyl (C=O) groups excluding carboxylic acids is 1. The molecule has 0 atom stereocenters. The van der Waals surface area contributed by atoms with Gasteiger partial charge in [0.05, 0.1) is 17.3 Å². The number of hydrogen-bond donors (Lipinski definition) is 1. The predicted octanol–water partition coefficient (Wildman–Crippen LogP) is 1.24. The number of amides is 1. The predicted molar refractivity (Wildman–Crippen MR) is 72.8 cm³/mol. The maximum atomic E-state index is 12.0. The Kier molecular flexibility index (Phi) is 4.51. The Hall–Kier alpha value is -1.36. The first-order chi connectivity index (χ1) is 8.23. The fourth-order valence-electron chi connectivity index (χ4n) is 1.80. The molecule has 0 aliphatic rings. The molecule has 0 aromatic carbocycles. The van der Waals surface area contributed by atoms with Gasteiger partial charge in [-0.05, 0) is 41.8 Å². The van der Waals surface area contributed by atoms with E-state index in [0.717, 1.165) is 12.2 Å². The Labute approximate surface area is 109 Å². The number of aromatic nitrogens is 2. The molecule has 0 aliphatic heterocycles. The lowest BCUT2D eigenvalue weighted by atomic mass is 10.1. The van der Waals surface area contributed by atoms with Gasteiger partial charge >= 0.3 is 0 Å². The highest BCUT2D eigenvalue weighted by Crippen LogP contribution is 2.18. The van der Waals surface area contributed by atoms with Crippen molar-refractivity contribution in [1.82, 2.24) is 20.0 Å². The third-order valence-corrected chi connectivity index (χ3v) is 2.73. The minimum absolute atomic E-state index is 0.0511. The van der Waals surface area contributed by atoms with Gasteiger partial charge in [-0.1, -0.05) is 0 Å². The first kappa shape index (κ1) is 14.7. The average molecular weight is 252 g/mol. The maximum Gasteiger partial charge on any atom is 0.254 e. The van der Waals surface area contributed by atoms with Crippen LogP contribution in [0.15, 0.2) is 6.20 Å². The molecule has 0 saturated heterocycles. The highest BCUT2D eigenvalue weighted by Gasteiger charge is 2.21. The first-order valence-corrected chi connectivity index (χ1v) is 6.21. The lowest BCUT2D eigenvalue weighted by Gasteiger charge is -2.21. The summed E-state index contributed by atoms with van der Waals surface area (Å²) in [5, 5.41) is 7.20. The Morgan fingerprint density at radius 1 is 1.44 bits per heavy atom. The summed E-state index contributed by atoms with van der Waals surface area (Å²) in [7, 11) is 3.96. The standard InChI is InChI=1S/C13H24N4O/c1-10-11(9-15-17(10)13(2,3)4)12(18)14-7-8-16(5)6/h9H,7-8H2,1-6H3,(H,14,18). The fourth-order valence-corrected chi connectivity index (χ4v) is 1.80. The molecule has 0 saturated carbocycles. The fraction of sp³-hybridized carbons (Fsp3) is 0.692. The van der Waals surface area contributed by atoms with Crippen LogP contribution in [0.4, 0.5) is 0 Å². The van der Waals surface area contributed by atoms with Crippen LogP contribution in [-0.2, 0) is 5.54 Å². The van der Waals surface area contributed by atoms with Gasteiger partial charge in [0.15, 0.2) is 0 Å². The van der Waals surface area contributed by atoms with Gasteiger partial charge in [-0.2, -0.15) is 5.10 Å². The van der Waals surface area contributed by atoms with Gasteiger partial charge in [0.1, 0.15) is 0 Å². The molecule has 1 aromatic rings. The van der Waals surface area contributed by atoms with Gasteiger partial charge in [0, 0.05) is 18.8 Å². The number of carbonyl (C=O) groups is 1. The van der Waals surface area contributed by atoms with E-state index in [1.54, 1.807) is 6.20 Å². The Bertz CT molecular complexity index is 415. The van der Waals surface area contributed by atoms with Crippen LogP contribution in [0.25, 0.3) is 0 Å². The van der Waals surface area contributed by atoms with Crippen LogP contribution in [0.3, 0.4) is 0 Å². The van der Waals surface area contributed by atoms with Crippen molar-refractivity contribution in [2.24, 2.45) is 0 Å². The van der Waals surface area contributed by atoms with Crippen LogP contribution in [-0.4, -0.2) is 47.8 Å². The molecular formula is C13H24N4O. The molecule has 1 amide bonds. The van der Waals surface area contributed by atoms with Crippen LogP contribution >= 0.6 is 0 Å². The van der Waals surface area contributed by atoms with Gasteiger partial charge in [-0.3, -0.25) is 9.48 Å². The molecular weight excluding hydrogens is 228 g/mol. The molecule has 0 aliphatic carbocycles. The molecule has 5 heteroatoms. The second-order valence-corrected chi connectivity index (χ2v) is 5.79. The quantitative estimate of drug-likeness (QED) is 0.877. The molecule has 1 aromatic heterocycles. The molecule has 1 rings (SSSR count). The van der Waals surface area contributed by atoms with Crippen molar-refractivity contribution in [2.75, 3.05) is 27.2 Å². The van der Waals surface area contributed by atoms with E-state index in [1.807, 2.05) is 30.6 Å². The van der Waals surface area contributed by atoms with Crippen molar-refractivity contribution in [3.8, 4) is 0 Å². The summed E-state index contributed by atoms with van der Waals surface area (Å²) >= 11 is 0. The van der Waals surface area contributed by atoms with Gasteiger partial charge in [0.2, 0.25) is 0 Å². The Balaban J connectivity index is 2.73. The number of nitrogens with one attached hydrogen (secondary N) is 1. The molecule has 1 N–H and O–H groups in total. The Morgan fingerprint density at radius 2 is 2.06 bits per heavy atom. The highest BCUT2D eigenvalue weighted by atomic mass is 16.1. The molecule has 5 nitrogen and oxygen atoms in total. The van der Waals surface area contributed by atoms with Crippen molar-refractivity contribution in [3.63, 3.8) is 0 Å². The van der Waals surface area contributed by atoms with Crippen LogP contribution in [0.1, 0.15) is 36.8 Å². The van der Waals surface area contributed by atoms with E-state index in [0.29, 0.717) is 12.1 Å². The van der Waals surface area contributed by atoms with Crippen LogP contribution in [0, 0.1) is 6.92 Å². The lowest BCUT2D eigenvalue weighted by molar-refractivity contribution is 0.0950. The summed E-state index contributed by atoms with van der Waals surface area (Å²) in [6, 6.07) is 0. The molecule has 18 heavy (non-hydrogen) atoms. The average Bonchev–Trinajstić information content (AvgIpc) is 2.58. The summed E-state index contributed by atoms with van der Waals surface area (Å²) < 4.78 is 1.88. The van der Waals surface area contributed by atoms with Crippen LogP contribution in [0.2, 0.25) is 0 Å². The van der Waals surface area contributed by atoms with Gasteiger partial charge in [-0.25, -0.2) is 0 Å². The second kappa shape index (κ2) is 5.52. The van der Waals surface area contributed by atoms with E-state index < -0.39 is 0 Å². The maximum absolute atomic E-state index is 12.0. The molecule has 0 unspecified atom stereocenters. The zero-order valence-corrected chi connectivity index (χ0v) is 12.2. The summed E-state index contributed by atoms with van der Waals surface area (Å²) in [6.07, 6.45) is 1.64. The number of likely N-dealkylation sites (N-methyl/N-ethyl adjacent to an activating group) is 1. The van der Waals surface area contributed by atoms with E-state index in [1.165, 1.54) is 0 Å². The van der Waals surface area contributed by atoms with E-state index in [9.17, 15) is 4.79 Å². The summed E-state index contributed by atoms with van der Waals surface area (Å²) in [6.45, 7) is 9.62. The summed E-state index contributed by atoms with van der Waals surface area (Å²) in [4.78, 5) is 14.0. The van der Waals surface area contributed by atoms with E-state index in [2.05, 4.69) is 31.2 Å². The third-order valence-electron chi connectivity index (χ3n) is 2.73.